The van der Waals surface area contributed by atoms with Gasteiger partial charge in [0.15, 0.2) is 5.16 Å². The number of benzene rings is 2. The smallest absolute Gasteiger partial charge is 0.242 e. The van der Waals surface area contributed by atoms with Crippen LogP contribution in [-0.2, 0) is 14.8 Å². The second kappa shape index (κ2) is 9.03. The molecule has 158 valence electrons. The van der Waals surface area contributed by atoms with Gasteiger partial charge in [-0.05, 0) is 49.2 Å². The fourth-order valence-corrected chi connectivity index (χ4v) is 4.77. The van der Waals surface area contributed by atoms with Crippen molar-refractivity contribution in [2.24, 2.45) is 0 Å². The standard InChI is InChI=1S/C21H24N4O3S2/c1-15-6-5-7-18(12-15)25-11-10-22-21(25)29-14-20(26)23-17-9-8-16(2)19(13-17)30(27,28)24(3)4/h5-13H,14H2,1-4H3,(H,23,26). The summed E-state index contributed by atoms with van der Waals surface area (Å²) in [5.41, 5.74) is 3.18. The van der Waals surface area contributed by atoms with Gasteiger partial charge in [0, 0.05) is 37.9 Å². The maximum atomic E-state index is 12.5. The topological polar surface area (TPSA) is 84.3 Å². The molecule has 0 bridgehead atoms. The van der Waals surface area contributed by atoms with E-state index in [1.807, 2.05) is 42.0 Å². The molecule has 0 radical (unpaired) electrons. The van der Waals surface area contributed by atoms with Crippen molar-refractivity contribution < 1.29 is 13.2 Å². The van der Waals surface area contributed by atoms with E-state index in [1.165, 1.54) is 31.9 Å². The predicted molar refractivity (Wildman–Crippen MR) is 120 cm³/mol. The van der Waals surface area contributed by atoms with E-state index in [1.54, 1.807) is 25.3 Å². The summed E-state index contributed by atoms with van der Waals surface area (Å²) in [6.45, 7) is 3.75. The van der Waals surface area contributed by atoms with Gasteiger partial charge < -0.3 is 5.32 Å². The van der Waals surface area contributed by atoms with Crippen molar-refractivity contribution in [1.29, 1.82) is 0 Å². The maximum Gasteiger partial charge on any atom is 0.242 e. The molecule has 0 unspecified atom stereocenters. The van der Waals surface area contributed by atoms with Crippen LogP contribution in [0.2, 0.25) is 0 Å². The molecule has 1 amide bonds. The Morgan fingerprint density at radius 2 is 1.93 bits per heavy atom. The highest BCUT2D eigenvalue weighted by Crippen LogP contribution is 2.24. The van der Waals surface area contributed by atoms with Crippen LogP contribution in [0.15, 0.2) is 64.9 Å². The number of nitrogens with one attached hydrogen (secondary N) is 1. The maximum absolute atomic E-state index is 12.5. The third-order valence-corrected chi connectivity index (χ3v) is 7.37. The van der Waals surface area contributed by atoms with E-state index in [-0.39, 0.29) is 16.6 Å². The number of aromatic nitrogens is 2. The van der Waals surface area contributed by atoms with Crippen molar-refractivity contribution in [1.82, 2.24) is 13.9 Å². The summed E-state index contributed by atoms with van der Waals surface area (Å²) in [4.78, 5) is 17.0. The Hall–Kier alpha value is -2.62. The highest BCUT2D eigenvalue weighted by atomic mass is 32.2. The molecule has 1 heterocycles. The van der Waals surface area contributed by atoms with Gasteiger partial charge in [-0.3, -0.25) is 9.36 Å². The summed E-state index contributed by atoms with van der Waals surface area (Å²) >= 11 is 1.31. The number of hydrogen-bond donors (Lipinski definition) is 1. The first-order valence-electron chi connectivity index (χ1n) is 9.24. The van der Waals surface area contributed by atoms with Gasteiger partial charge in [0.05, 0.1) is 10.6 Å². The molecule has 0 aliphatic carbocycles. The molecule has 0 aliphatic heterocycles. The Labute approximate surface area is 181 Å². The van der Waals surface area contributed by atoms with Crippen LogP contribution in [-0.4, -0.2) is 48.0 Å². The zero-order valence-corrected chi connectivity index (χ0v) is 18.9. The second-order valence-electron chi connectivity index (χ2n) is 7.02. The molecular weight excluding hydrogens is 420 g/mol. The lowest BCUT2D eigenvalue weighted by Crippen LogP contribution is -2.23. The number of anilines is 1. The van der Waals surface area contributed by atoms with E-state index >= 15 is 0 Å². The number of hydrogen-bond acceptors (Lipinski definition) is 5. The molecular formula is C21H24N4O3S2. The summed E-state index contributed by atoms with van der Waals surface area (Å²) in [5, 5.41) is 3.48. The van der Waals surface area contributed by atoms with Crippen LogP contribution in [0.1, 0.15) is 11.1 Å². The summed E-state index contributed by atoms with van der Waals surface area (Å²) in [7, 11) is -0.632. The third kappa shape index (κ3) is 4.92. The van der Waals surface area contributed by atoms with Gasteiger partial charge in [0.2, 0.25) is 15.9 Å². The molecule has 1 N–H and O–H groups in total. The molecule has 3 aromatic rings. The van der Waals surface area contributed by atoms with Crippen molar-refractivity contribution in [3.63, 3.8) is 0 Å². The summed E-state index contributed by atoms with van der Waals surface area (Å²) in [6, 6.07) is 12.9. The fourth-order valence-electron chi connectivity index (χ4n) is 2.85. The molecule has 9 heteroatoms. The van der Waals surface area contributed by atoms with Crippen LogP contribution >= 0.6 is 11.8 Å². The van der Waals surface area contributed by atoms with E-state index in [0.717, 1.165) is 15.6 Å². The Morgan fingerprint density at radius 3 is 2.63 bits per heavy atom. The number of carbonyl (C=O) groups excluding carboxylic acids is 1. The van der Waals surface area contributed by atoms with Gasteiger partial charge >= 0.3 is 0 Å². The minimum Gasteiger partial charge on any atom is -0.325 e. The van der Waals surface area contributed by atoms with Crippen LogP contribution in [0.5, 0.6) is 0 Å². The normalized spacial score (nSPS) is 11.6. The molecule has 0 spiro atoms. The zero-order chi connectivity index (χ0) is 21.9. The van der Waals surface area contributed by atoms with Crippen molar-refractivity contribution in [2.45, 2.75) is 23.9 Å². The quantitative estimate of drug-likeness (QED) is 0.564. The largest absolute Gasteiger partial charge is 0.325 e. The summed E-state index contributed by atoms with van der Waals surface area (Å²) in [6.07, 6.45) is 3.55. The Morgan fingerprint density at radius 1 is 1.17 bits per heavy atom. The van der Waals surface area contributed by atoms with Gasteiger partial charge in [0.25, 0.3) is 0 Å². The lowest BCUT2D eigenvalue weighted by Gasteiger charge is -2.15. The summed E-state index contributed by atoms with van der Waals surface area (Å²) in [5.74, 6) is -0.0947. The average molecular weight is 445 g/mol. The zero-order valence-electron chi connectivity index (χ0n) is 17.3. The van der Waals surface area contributed by atoms with Crippen LogP contribution in [0.4, 0.5) is 5.69 Å². The van der Waals surface area contributed by atoms with Gasteiger partial charge in [-0.25, -0.2) is 17.7 Å². The Kier molecular flexibility index (Phi) is 6.64. The predicted octanol–water partition coefficient (Wildman–Crippen LogP) is 3.47. The van der Waals surface area contributed by atoms with E-state index in [2.05, 4.69) is 10.3 Å². The number of imidazole rings is 1. The van der Waals surface area contributed by atoms with Gasteiger partial charge in [-0.1, -0.05) is 30.0 Å². The molecule has 0 saturated heterocycles. The minimum absolute atomic E-state index is 0.145. The number of sulfonamides is 1. The monoisotopic (exact) mass is 444 g/mol. The highest BCUT2D eigenvalue weighted by Gasteiger charge is 2.20. The Bertz CT molecular complexity index is 1170. The molecule has 3 rings (SSSR count). The van der Waals surface area contributed by atoms with Crippen LogP contribution in [0, 0.1) is 13.8 Å². The lowest BCUT2D eigenvalue weighted by atomic mass is 10.2. The average Bonchev–Trinajstić information content (AvgIpc) is 3.16. The number of rotatable bonds is 7. The minimum atomic E-state index is -3.59. The third-order valence-electron chi connectivity index (χ3n) is 4.45. The van der Waals surface area contributed by atoms with Crippen molar-refractivity contribution >= 4 is 33.4 Å². The van der Waals surface area contributed by atoms with Crippen molar-refractivity contribution in [3.05, 3.63) is 66.0 Å². The Balaban J connectivity index is 1.70. The number of amides is 1. The molecule has 1 aromatic heterocycles. The first kappa shape index (κ1) is 22.1. The van der Waals surface area contributed by atoms with Crippen LogP contribution in [0.25, 0.3) is 5.69 Å². The van der Waals surface area contributed by atoms with Crippen molar-refractivity contribution in [3.8, 4) is 5.69 Å². The number of thioether (sulfide) groups is 1. The van der Waals surface area contributed by atoms with Gasteiger partial charge in [0.1, 0.15) is 0 Å². The van der Waals surface area contributed by atoms with Gasteiger partial charge in [-0.2, -0.15) is 0 Å². The fraction of sp³-hybridized carbons (Fsp3) is 0.238. The molecule has 7 nitrogen and oxygen atoms in total. The molecule has 30 heavy (non-hydrogen) atoms. The molecule has 0 saturated carbocycles. The van der Waals surface area contributed by atoms with E-state index < -0.39 is 10.0 Å². The number of nitrogens with zero attached hydrogens (tertiary/aromatic N) is 3. The number of aryl methyl sites for hydroxylation is 2. The van der Waals surface area contributed by atoms with Crippen molar-refractivity contribution in [2.75, 3.05) is 25.2 Å². The highest BCUT2D eigenvalue weighted by molar-refractivity contribution is 7.99. The first-order chi connectivity index (χ1) is 14.2. The second-order valence-corrected chi connectivity index (χ2v) is 10.1. The lowest BCUT2D eigenvalue weighted by molar-refractivity contribution is -0.113. The van der Waals surface area contributed by atoms with Gasteiger partial charge in [-0.15, -0.1) is 0 Å². The van der Waals surface area contributed by atoms with Crippen LogP contribution < -0.4 is 5.32 Å². The molecule has 0 atom stereocenters. The van der Waals surface area contributed by atoms with E-state index in [9.17, 15) is 13.2 Å². The molecule has 2 aromatic carbocycles. The van der Waals surface area contributed by atoms with E-state index in [0.29, 0.717) is 16.4 Å². The summed E-state index contributed by atoms with van der Waals surface area (Å²) < 4.78 is 28.0. The van der Waals surface area contributed by atoms with Crippen LogP contribution in [0.3, 0.4) is 0 Å². The SMILES string of the molecule is Cc1cccc(-n2ccnc2SCC(=O)Nc2ccc(C)c(S(=O)(=O)N(C)C)c2)c1. The first-order valence-corrected chi connectivity index (χ1v) is 11.7. The molecule has 0 fully saturated rings. The molecule has 0 aliphatic rings. The van der Waals surface area contributed by atoms with E-state index in [4.69, 9.17) is 0 Å². The number of carbonyl (C=O) groups is 1.